The molecule has 2 atom stereocenters. The zero-order valence-corrected chi connectivity index (χ0v) is 19.1. The Bertz CT molecular complexity index is 946. The Labute approximate surface area is 199 Å². The Morgan fingerprint density at radius 3 is 2.00 bits per heavy atom. The first-order valence-electron chi connectivity index (χ1n) is 10.7. The smallest absolute Gasteiger partial charge is 0.416 e. The molecule has 0 radical (unpaired) electrons. The van der Waals surface area contributed by atoms with Crippen LogP contribution in [0, 0.1) is 0 Å². The van der Waals surface area contributed by atoms with Gasteiger partial charge in [-0.1, -0.05) is 25.0 Å². The summed E-state index contributed by atoms with van der Waals surface area (Å²) in [6.07, 6.45) is -6.29. The van der Waals surface area contributed by atoms with Crippen LogP contribution in [0.3, 0.4) is 0 Å². The second-order valence-corrected chi connectivity index (χ2v) is 8.53. The van der Waals surface area contributed by atoms with Crippen LogP contribution in [0.2, 0.25) is 0 Å². The molecular weight excluding hydrogens is 480 g/mol. The second-order valence-electron chi connectivity index (χ2n) is 8.12. The van der Waals surface area contributed by atoms with Crippen LogP contribution in [0.4, 0.5) is 32.0 Å². The number of methoxy groups -OCH3 is 1. The summed E-state index contributed by atoms with van der Waals surface area (Å²) in [7, 11) is 1.59. The van der Waals surface area contributed by atoms with E-state index in [0.717, 1.165) is 37.0 Å². The molecule has 0 heterocycles. The molecule has 11 heteroatoms. The number of nitrogens with one attached hydrogen (secondary N) is 3. The van der Waals surface area contributed by atoms with Gasteiger partial charge in [-0.15, -0.1) is 0 Å². The number of hydrogen-bond donors (Lipinski definition) is 3. The molecule has 4 nitrogen and oxygen atoms in total. The normalized spacial score (nSPS) is 18.9. The van der Waals surface area contributed by atoms with E-state index in [1.807, 2.05) is 24.3 Å². The lowest BCUT2D eigenvalue weighted by atomic mass is 9.90. The summed E-state index contributed by atoms with van der Waals surface area (Å²) < 4.78 is 83.8. The molecule has 2 aromatic rings. The van der Waals surface area contributed by atoms with Crippen molar-refractivity contribution in [2.75, 3.05) is 12.4 Å². The molecule has 186 valence electrons. The van der Waals surface area contributed by atoms with E-state index in [1.165, 1.54) is 0 Å². The van der Waals surface area contributed by atoms with Gasteiger partial charge in [0.1, 0.15) is 5.75 Å². The number of alkyl halides is 6. The van der Waals surface area contributed by atoms with Crippen LogP contribution in [0.1, 0.15) is 42.4 Å². The first-order valence-corrected chi connectivity index (χ1v) is 11.1. The zero-order chi connectivity index (χ0) is 24.9. The zero-order valence-electron chi connectivity index (χ0n) is 18.3. The lowest BCUT2D eigenvalue weighted by molar-refractivity contribution is -0.143. The number of anilines is 1. The van der Waals surface area contributed by atoms with Crippen LogP contribution < -0.4 is 20.7 Å². The van der Waals surface area contributed by atoms with Crippen LogP contribution in [-0.2, 0) is 18.9 Å². The maximum atomic E-state index is 13.1. The molecule has 0 saturated heterocycles. The van der Waals surface area contributed by atoms with E-state index in [2.05, 4.69) is 16.0 Å². The predicted molar refractivity (Wildman–Crippen MR) is 122 cm³/mol. The minimum Gasteiger partial charge on any atom is -0.497 e. The van der Waals surface area contributed by atoms with E-state index in [1.54, 1.807) is 7.11 Å². The highest BCUT2D eigenvalue weighted by Gasteiger charge is 2.37. The fourth-order valence-electron chi connectivity index (χ4n) is 3.90. The third-order valence-electron chi connectivity index (χ3n) is 5.66. The fourth-order valence-corrected chi connectivity index (χ4v) is 4.17. The first kappa shape index (κ1) is 26.1. The van der Waals surface area contributed by atoms with Crippen molar-refractivity contribution in [3.8, 4) is 5.75 Å². The summed E-state index contributed by atoms with van der Waals surface area (Å²) in [5, 5.41) is 9.00. The SMILES string of the molecule is COc1ccc(CN[C@@H]2CCCC[C@H]2NC(=S)Nc2cc(C(F)(F)F)cc(C(F)(F)F)c2)cc1. The molecule has 0 aliphatic heterocycles. The molecule has 34 heavy (non-hydrogen) atoms. The van der Waals surface area contributed by atoms with E-state index in [-0.39, 0.29) is 28.9 Å². The van der Waals surface area contributed by atoms with Gasteiger partial charge < -0.3 is 20.7 Å². The quantitative estimate of drug-likeness (QED) is 0.326. The van der Waals surface area contributed by atoms with Crippen molar-refractivity contribution in [3.05, 3.63) is 59.2 Å². The van der Waals surface area contributed by atoms with Crippen molar-refractivity contribution in [1.82, 2.24) is 10.6 Å². The second kappa shape index (κ2) is 10.8. The molecule has 0 unspecified atom stereocenters. The number of ether oxygens (including phenoxy) is 1. The van der Waals surface area contributed by atoms with E-state index in [0.29, 0.717) is 18.7 Å². The van der Waals surface area contributed by atoms with Gasteiger partial charge in [-0.25, -0.2) is 0 Å². The van der Waals surface area contributed by atoms with Gasteiger partial charge in [-0.05, 0) is 61.0 Å². The Morgan fingerprint density at radius 2 is 1.47 bits per heavy atom. The highest BCUT2D eigenvalue weighted by Crippen LogP contribution is 2.37. The van der Waals surface area contributed by atoms with Crippen molar-refractivity contribution < 1.29 is 31.1 Å². The van der Waals surface area contributed by atoms with Gasteiger partial charge in [0, 0.05) is 24.3 Å². The van der Waals surface area contributed by atoms with Gasteiger partial charge in [0.25, 0.3) is 0 Å². The summed E-state index contributed by atoms with van der Waals surface area (Å²) in [4.78, 5) is 0. The van der Waals surface area contributed by atoms with Crippen molar-refractivity contribution in [1.29, 1.82) is 0 Å². The van der Waals surface area contributed by atoms with Gasteiger partial charge in [-0.3, -0.25) is 0 Å². The third kappa shape index (κ3) is 7.23. The average Bonchev–Trinajstić information content (AvgIpc) is 2.77. The van der Waals surface area contributed by atoms with Gasteiger partial charge in [0.2, 0.25) is 0 Å². The molecule has 0 amide bonds. The number of halogens is 6. The lowest BCUT2D eigenvalue weighted by Gasteiger charge is -2.34. The van der Waals surface area contributed by atoms with E-state index >= 15 is 0 Å². The number of benzene rings is 2. The van der Waals surface area contributed by atoms with Crippen molar-refractivity contribution in [2.45, 2.75) is 56.7 Å². The molecular formula is C23H25F6N3OS. The highest BCUT2D eigenvalue weighted by atomic mass is 32.1. The summed E-state index contributed by atoms with van der Waals surface area (Å²) in [6.45, 7) is 0.593. The minimum atomic E-state index is -4.92. The van der Waals surface area contributed by atoms with E-state index in [9.17, 15) is 26.3 Å². The summed E-state index contributed by atoms with van der Waals surface area (Å²) in [6, 6.07) is 8.82. The molecule has 0 spiro atoms. The molecule has 1 aliphatic carbocycles. The summed E-state index contributed by atoms with van der Waals surface area (Å²) in [5.74, 6) is 0.751. The summed E-state index contributed by atoms with van der Waals surface area (Å²) >= 11 is 5.22. The van der Waals surface area contributed by atoms with Crippen LogP contribution in [-0.4, -0.2) is 24.3 Å². The topological polar surface area (TPSA) is 45.3 Å². The molecule has 3 N–H and O–H groups in total. The molecule has 1 fully saturated rings. The average molecular weight is 506 g/mol. The van der Waals surface area contributed by atoms with E-state index < -0.39 is 23.5 Å². The predicted octanol–water partition coefficient (Wildman–Crippen LogP) is 6.12. The number of hydrogen-bond acceptors (Lipinski definition) is 3. The third-order valence-corrected chi connectivity index (χ3v) is 5.88. The minimum absolute atomic E-state index is 0.0304. The van der Waals surface area contributed by atoms with Gasteiger partial charge in [0.05, 0.1) is 18.2 Å². The van der Waals surface area contributed by atoms with Gasteiger partial charge in [-0.2, -0.15) is 26.3 Å². The molecule has 1 aliphatic rings. The Morgan fingerprint density at radius 1 is 0.912 bits per heavy atom. The maximum Gasteiger partial charge on any atom is 0.416 e. The van der Waals surface area contributed by atoms with Crippen LogP contribution in [0.5, 0.6) is 5.75 Å². The highest BCUT2D eigenvalue weighted by molar-refractivity contribution is 7.80. The number of thiocarbonyl (C=S) groups is 1. The maximum absolute atomic E-state index is 13.1. The van der Waals surface area contributed by atoms with E-state index in [4.69, 9.17) is 17.0 Å². The lowest BCUT2D eigenvalue weighted by Crippen LogP contribution is -2.52. The largest absolute Gasteiger partial charge is 0.497 e. The Balaban J connectivity index is 1.66. The number of rotatable bonds is 6. The van der Waals surface area contributed by atoms with Gasteiger partial charge in [0.15, 0.2) is 5.11 Å². The van der Waals surface area contributed by atoms with Crippen molar-refractivity contribution in [3.63, 3.8) is 0 Å². The van der Waals surface area contributed by atoms with Crippen LogP contribution in [0.25, 0.3) is 0 Å². The first-order chi connectivity index (χ1) is 16.0. The van der Waals surface area contributed by atoms with Gasteiger partial charge >= 0.3 is 12.4 Å². The molecule has 2 aromatic carbocycles. The standard InChI is InChI=1S/C23H25F6N3OS/c1-33-18-8-6-14(7-9-18)13-30-19-4-2-3-5-20(19)32-21(34)31-17-11-15(22(24,25)26)10-16(12-17)23(27,28)29/h6-12,19-20,30H,2-5,13H2,1H3,(H2,31,32,34)/t19-,20-/m1/s1. The Hall–Kier alpha value is -2.53. The summed E-state index contributed by atoms with van der Waals surface area (Å²) in [5.41, 5.74) is -2.12. The Kier molecular flexibility index (Phi) is 8.29. The fraction of sp³-hybridized carbons (Fsp3) is 0.435. The molecule has 1 saturated carbocycles. The monoisotopic (exact) mass is 505 g/mol. The van der Waals surface area contributed by atoms with Crippen molar-refractivity contribution >= 4 is 23.0 Å². The molecule has 0 bridgehead atoms. The molecule has 0 aromatic heterocycles. The molecule has 3 rings (SSSR count). The van der Waals surface area contributed by atoms with Crippen molar-refractivity contribution in [2.24, 2.45) is 0 Å². The van der Waals surface area contributed by atoms with Crippen LogP contribution >= 0.6 is 12.2 Å². The van der Waals surface area contributed by atoms with Crippen LogP contribution in [0.15, 0.2) is 42.5 Å².